The number of hydrogen-bond acceptors (Lipinski definition) is 3. The second-order valence-electron chi connectivity index (χ2n) is 4.74. The van der Waals surface area contributed by atoms with Gasteiger partial charge >= 0.3 is 18.7 Å². The molecule has 0 fully saturated rings. The van der Waals surface area contributed by atoms with Crippen molar-refractivity contribution in [3.8, 4) is 0 Å². The monoisotopic (exact) mass is 332 g/mol. The molecule has 0 unspecified atom stereocenters. The number of halogens is 1. The van der Waals surface area contributed by atoms with Gasteiger partial charge in [-0.15, -0.1) is 0 Å². The number of aromatic nitrogens is 2. The first-order chi connectivity index (χ1) is 9.76. The molecule has 0 atom stereocenters. The van der Waals surface area contributed by atoms with Crippen LogP contribution >= 0.6 is 19.2 Å². The van der Waals surface area contributed by atoms with Gasteiger partial charge in [-0.1, -0.05) is 11.6 Å². The van der Waals surface area contributed by atoms with Crippen molar-refractivity contribution in [2.45, 2.75) is 19.3 Å². The molecule has 4 N–H and O–H groups in total. The molecule has 7 nitrogen and oxygen atoms in total. The van der Waals surface area contributed by atoms with Crippen LogP contribution in [0.15, 0.2) is 21.7 Å². The van der Waals surface area contributed by atoms with E-state index in [9.17, 15) is 14.2 Å². The van der Waals surface area contributed by atoms with Crippen LogP contribution in [0.25, 0.3) is 11.0 Å². The summed E-state index contributed by atoms with van der Waals surface area (Å²) in [6, 6.07) is 3.20. The van der Waals surface area contributed by atoms with E-state index >= 15 is 0 Å². The molecule has 0 radical (unpaired) electrons. The van der Waals surface area contributed by atoms with Crippen LogP contribution in [-0.4, -0.2) is 25.9 Å². The first kappa shape index (κ1) is 16.0. The second kappa shape index (κ2) is 6.15. The van der Waals surface area contributed by atoms with Gasteiger partial charge in [0.2, 0.25) is 0 Å². The number of aromatic amines is 2. The van der Waals surface area contributed by atoms with E-state index in [0.29, 0.717) is 35.3 Å². The molecular weight excluding hydrogens is 319 g/mol. The summed E-state index contributed by atoms with van der Waals surface area (Å²) in [4.78, 5) is 45.2. The fraction of sp³-hybridized carbons (Fsp3) is 0.333. The third kappa shape index (κ3) is 4.28. The van der Waals surface area contributed by atoms with Gasteiger partial charge in [0.05, 0.1) is 11.0 Å². The van der Waals surface area contributed by atoms with Gasteiger partial charge in [0.1, 0.15) is 0 Å². The maximum absolute atomic E-state index is 11.4. The van der Waals surface area contributed by atoms with Gasteiger partial charge in [-0.2, -0.15) is 0 Å². The Bertz CT molecular complexity index is 822. The summed E-state index contributed by atoms with van der Waals surface area (Å²) < 4.78 is 10.8. The van der Waals surface area contributed by atoms with Gasteiger partial charge in [-0.3, -0.25) is 14.2 Å². The summed E-state index contributed by atoms with van der Waals surface area (Å²) >= 11 is 5.96. The van der Waals surface area contributed by atoms with Gasteiger partial charge in [0.15, 0.2) is 0 Å². The van der Waals surface area contributed by atoms with E-state index < -0.39 is 18.7 Å². The normalized spacial score (nSPS) is 12.0. The number of unbranched alkanes of at least 4 members (excludes halogenated alkanes) is 1. The fourth-order valence-electron chi connectivity index (χ4n) is 2.09. The summed E-state index contributed by atoms with van der Waals surface area (Å²) in [5, 5.41) is 0.412. The number of benzene rings is 1. The standard InChI is InChI=1S/C12H14ClN2O5P/c13-8-5-7(3-1-2-4-21(18,19)20)10-9(6-8)14-11(16)12(17)15-10/h5-6H,1-4H2,(H,14,16)(H,15,17)(H2,18,19,20). The van der Waals surface area contributed by atoms with E-state index in [2.05, 4.69) is 9.97 Å². The molecule has 0 spiro atoms. The van der Waals surface area contributed by atoms with Crippen molar-refractivity contribution in [1.82, 2.24) is 9.97 Å². The second-order valence-corrected chi connectivity index (χ2v) is 6.95. The number of fused-ring (bicyclic) bond motifs is 1. The smallest absolute Gasteiger partial charge is 0.324 e. The van der Waals surface area contributed by atoms with Crippen LogP contribution in [0, 0.1) is 0 Å². The molecular formula is C12H14ClN2O5P. The molecule has 0 aliphatic rings. The topological polar surface area (TPSA) is 123 Å². The highest BCUT2D eigenvalue weighted by Gasteiger charge is 2.12. The quantitative estimate of drug-likeness (QED) is 0.374. The summed E-state index contributed by atoms with van der Waals surface area (Å²) in [6.07, 6.45) is 1.19. The molecule has 1 heterocycles. The van der Waals surface area contributed by atoms with Crippen LogP contribution in [-0.2, 0) is 11.0 Å². The lowest BCUT2D eigenvalue weighted by Gasteiger charge is -2.08. The average molecular weight is 333 g/mol. The van der Waals surface area contributed by atoms with Crippen LogP contribution in [0.1, 0.15) is 18.4 Å². The zero-order chi connectivity index (χ0) is 15.6. The minimum absolute atomic E-state index is 0.182. The van der Waals surface area contributed by atoms with Crippen molar-refractivity contribution in [3.63, 3.8) is 0 Å². The molecule has 0 bridgehead atoms. The van der Waals surface area contributed by atoms with Gasteiger partial charge in [0.25, 0.3) is 0 Å². The van der Waals surface area contributed by atoms with Crippen molar-refractivity contribution in [2.75, 3.05) is 6.16 Å². The van der Waals surface area contributed by atoms with Crippen LogP contribution in [0.2, 0.25) is 5.02 Å². The molecule has 0 amide bonds. The number of rotatable bonds is 5. The predicted octanol–water partition coefficient (Wildman–Crippen LogP) is 1.37. The van der Waals surface area contributed by atoms with E-state index in [1.54, 1.807) is 6.07 Å². The summed E-state index contributed by atoms with van der Waals surface area (Å²) in [5.74, 6) is 0. The molecule has 0 aliphatic carbocycles. The highest BCUT2D eigenvalue weighted by atomic mass is 35.5. The average Bonchev–Trinajstić information content (AvgIpc) is 2.35. The molecule has 0 aliphatic heterocycles. The van der Waals surface area contributed by atoms with E-state index in [1.165, 1.54) is 6.07 Å². The maximum Gasteiger partial charge on any atom is 0.325 e. The Morgan fingerprint density at radius 2 is 1.76 bits per heavy atom. The number of aryl methyl sites for hydroxylation is 1. The molecule has 9 heteroatoms. The molecule has 1 aromatic carbocycles. The highest BCUT2D eigenvalue weighted by molar-refractivity contribution is 7.51. The van der Waals surface area contributed by atoms with Crippen LogP contribution in [0.4, 0.5) is 0 Å². The molecule has 0 saturated heterocycles. The third-order valence-electron chi connectivity index (χ3n) is 3.02. The van der Waals surface area contributed by atoms with Crippen molar-refractivity contribution < 1.29 is 14.4 Å². The van der Waals surface area contributed by atoms with Crippen molar-refractivity contribution in [3.05, 3.63) is 43.4 Å². The Balaban J connectivity index is 2.27. The Morgan fingerprint density at radius 1 is 1.10 bits per heavy atom. The van der Waals surface area contributed by atoms with Crippen LogP contribution in [0.5, 0.6) is 0 Å². The minimum atomic E-state index is -3.99. The molecule has 2 rings (SSSR count). The number of hydrogen-bond donors (Lipinski definition) is 4. The summed E-state index contributed by atoms with van der Waals surface area (Å²) in [5.41, 5.74) is 0.132. The van der Waals surface area contributed by atoms with Crippen molar-refractivity contribution >= 4 is 30.2 Å². The maximum atomic E-state index is 11.4. The largest absolute Gasteiger partial charge is 0.325 e. The van der Waals surface area contributed by atoms with E-state index in [1.807, 2.05) is 0 Å². The molecule has 1 aromatic heterocycles. The van der Waals surface area contributed by atoms with Crippen molar-refractivity contribution in [2.24, 2.45) is 0 Å². The predicted molar refractivity (Wildman–Crippen MR) is 80.0 cm³/mol. The SMILES string of the molecule is O=c1[nH]c2cc(Cl)cc(CCCCP(=O)(O)O)c2[nH]c1=O. The first-order valence-corrected chi connectivity index (χ1v) is 8.43. The van der Waals surface area contributed by atoms with E-state index in [4.69, 9.17) is 21.4 Å². The van der Waals surface area contributed by atoms with Crippen molar-refractivity contribution in [1.29, 1.82) is 0 Å². The summed E-state index contributed by atoms with van der Waals surface area (Å²) in [7, 11) is -3.99. The number of nitrogens with one attached hydrogen (secondary N) is 2. The Hall–Kier alpha value is -1.40. The number of H-pyrrole nitrogens is 2. The molecule has 0 saturated carbocycles. The van der Waals surface area contributed by atoms with Gasteiger partial charge in [0, 0.05) is 11.2 Å². The van der Waals surface area contributed by atoms with Gasteiger partial charge < -0.3 is 19.8 Å². The molecule has 114 valence electrons. The highest BCUT2D eigenvalue weighted by Crippen LogP contribution is 2.35. The lowest BCUT2D eigenvalue weighted by atomic mass is 10.1. The van der Waals surface area contributed by atoms with E-state index in [0.717, 1.165) is 5.56 Å². The summed E-state index contributed by atoms with van der Waals surface area (Å²) in [6.45, 7) is 0. The van der Waals surface area contributed by atoms with Gasteiger partial charge in [-0.25, -0.2) is 0 Å². The molecule has 2 aromatic rings. The lowest BCUT2D eigenvalue weighted by molar-refractivity contribution is 0.371. The Kier molecular flexibility index (Phi) is 4.68. The zero-order valence-electron chi connectivity index (χ0n) is 10.9. The van der Waals surface area contributed by atoms with Crippen LogP contribution < -0.4 is 11.1 Å². The van der Waals surface area contributed by atoms with E-state index in [-0.39, 0.29) is 6.16 Å². The lowest BCUT2D eigenvalue weighted by Crippen LogP contribution is -2.29. The molecule has 21 heavy (non-hydrogen) atoms. The fourth-order valence-corrected chi connectivity index (χ4v) is 2.97. The Morgan fingerprint density at radius 3 is 2.43 bits per heavy atom. The zero-order valence-corrected chi connectivity index (χ0v) is 12.6. The van der Waals surface area contributed by atoms with Crippen LogP contribution in [0.3, 0.4) is 0 Å². The van der Waals surface area contributed by atoms with Gasteiger partial charge in [-0.05, 0) is 37.0 Å². The first-order valence-electron chi connectivity index (χ1n) is 6.25. The third-order valence-corrected chi connectivity index (χ3v) is 4.14. The Labute approximate surface area is 124 Å². The minimum Gasteiger partial charge on any atom is -0.324 e.